The summed E-state index contributed by atoms with van der Waals surface area (Å²) < 4.78 is 2.18. The minimum atomic E-state index is 0.0553. The molecule has 1 saturated carbocycles. The largest absolute Gasteiger partial charge is 0.390 e. The Morgan fingerprint density at radius 3 is 2.57 bits per heavy atom. The molecular formula is C11H18N2O. The molecule has 0 amide bonds. The summed E-state index contributed by atoms with van der Waals surface area (Å²) in [6, 6.07) is 0.616. The van der Waals surface area contributed by atoms with Crippen molar-refractivity contribution >= 4 is 0 Å². The van der Waals surface area contributed by atoms with E-state index in [0.29, 0.717) is 6.04 Å². The van der Waals surface area contributed by atoms with Gasteiger partial charge in [-0.05, 0) is 12.8 Å². The van der Waals surface area contributed by atoms with E-state index in [2.05, 4.69) is 9.55 Å². The van der Waals surface area contributed by atoms with Gasteiger partial charge in [0.05, 0.1) is 18.6 Å². The van der Waals surface area contributed by atoms with Crippen LogP contribution in [0.2, 0.25) is 0 Å². The van der Waals surface area contributed by atoms with Crippen LogP contribution in [0.15, 0.2) is 12.5 Å². The van der Waals surface area contributed by atoms with Crippen LogP contribution in [0.1, 0.15) is 50.3 Å². The molecule has 0 aliphatic heterocycles. The van der Waals surface area contributed by atoms with Gasteiger partial charge in [0.15, 0.2) is 0 Å². The Morgan fingerprint density at radius 2 is 2.00 bits per heavy atom. The van der Waals surface area contributed by atoms with E-state index in [1.54, 1.807) is 0 Å². The highest BCUT2D eigenvalue weighted by Crippen LogP contribution is 2.26. The second-order valence-electron chi connectivity index (χ2n) is 4.12. The Bertz CT molecular complexity index is 275. The molecule has 1 N–H and O–H groups in total. The van der Waals surface area contributed by atoms with Crippen LogP contribution in [0.3, 0.4) is 0 Å². The Morgan fingerprint density at radius 1 is 1.29 bits per heavy atom. The van der Waals surface area contributed by atoms with Gasteiger partial charge in [0, 0.05) is 12.2 Å². The summed E-state index contributed by atoms with van der Waals surface area (Å²) in [5.41, 5.74) is 0.786. The fourth-order valence-electron chi connectivity index (χ4n) is 2.22. The fourth-order valence-corrected chi connectivity index (χ4v) is 2.22. The van der Waals surface area contributed by atoms with E-state index in [4.69, 9.17) is 5.11 Å². The van der Waals surface area contributed by atoms with Gasteiger partial charge >= 0.3 is 0 Å². The molecule has 1 heterocycles. The lowest BCUT2D eigenvalue weighted by Crippen LogP contribution is -2.05. The van der Waals surface area contributed by atoms with E-state index in [1.807, 2.05) is 12.5 Å². The molecule has 0 radical (unpaired) electrons. The Balaban J connectivity index is 2.04. The lowest BCUT2D eigenvalue weighted by atomic mass is 10.1. The summed E-state index contributed by atoms with van der Waals surface area (Å²) in [6.45, 7) is 0.0553. The van der Waals surface area contributed by atoms with Crippen molar-refractivity contribution in [1.29, 1.82) is 0 Å². The molecule has 0 saturated heterocycles. The highest BCUT2D eigenvalue weighted by molar-refractivity contribution is 4.96. The van der Waals surface area contributed by atoms with E-state index in [0.717, 1.165) is 5.69 Å². The van der Waals surface area contributed by atoms with Crippen molar-refractivity contribution in [2.75, 3.05) is 0 Å². The average Bonchev–Trinajstić information content (AvgIpc) is 2.53. The van der Waals surface area contributed by atoms with Crippen molar-refractivity contribution < 1.29 is 5.11 Å². The third-order valence-electron chi connectivity index (χ3n) is 3.06. The van der Waals surface area contributed by atoms with Crippen LogP contribution in [0.5, 0.6) is 0 Å². The number of imidazole rings is 1. The van der Waals surface area contributed by atoms with Crippen molar-refractivity contribution in [3.8, 4) is 0 Å². The monoisotopic (exact) mass is 194 g/mol. The first-order valence-corrected chi connectivity index (χ1v) is 5.53. The number of hydrogen-bond acceptors (Lipinski definition) is 2. The molecule has 3 nitrogen and oxygen atoms in total. The molecule has 1 aromatic rings. The fraction of sp³-hybridized carbons (Fsp3) is 0.727. The van der Waals surface area contributed by atoms with Crippen LogP contribution in [-0.4, -0.2) is 14.7 Å². The quantitative estimate of drug-likeness (QED) is 0.733. The van der Waals surface area contributed by atoms with Crippen LogP contribution in [0.4, 0.5) is 0 Å². The predicted octanol–water partition coefficient (Wildman–Crippen LogP) is 2.27. The minimum absolute atomic E-state index is 0.0553. The molecule has 0 spiro atoms. The summed E-state index contributed by atoms with van der Waals surface area (Å²) in [6.07, 6.45) is 11.8. The van der Waals surface area contributed by atoms with E-state index in [1.165, 1.54) is 38.5 Å². The SMILES string of the molecule is OCc1cn(C2CCCCCC2)cn1. The zero-order valence-corrected chi connectivity index (χ0v) is 8.52. The standard InChI is InChI=1S/C11H18N2O/c14-8-10-7-13(9-12-10)11-5-3-1-2-4-6-11/h7,9,11,14H,1-6,8H2. The van der Waals surface area contributed by atoms with Crippen LogP contribution in [-0.2, 0) is 6.61 Å². The number of aliphatic hydroxyl groups excluding tert-OH is 1. The van der Waals surface area contributed by atoms with Crippen molar-refractivity contribution in [1.82, 2.24) is 9.55 Å². The first kappa shape index (κ1) is 9.71. The van der Waals surface area contributed by atoms with Gasteiger partial charge in [0.2, 0.25) is 0 Å². The second-order valence-corrected chi connectivity index (χ2v) is 4.12. The van der Waals surface area contributed by atoms with E-state index >= 15 is 0 Å². The number of aromatic nitrogens is 2. The van der Waals surface area contributed by atoms with Gasteiger partial charge in [-0.2, -0.15) is 0 Å². The molecule has 0 aromatic carbocycles. The minimum Gasteiger partial charge on any atom is -0.390 e. The smallest absolute Gasteiger partial charge is 0.0953 e. The maximum atomic E-state index is 8.93. The van der Waals surface area contributed by atoms with Crippen LogP contribution in [0.25, 0.3) is 0 Å². The van der Waals surface area contributed by atoms with Gasteiger partial charge in [-0.1, -0.05) is 25.7 Å². The van der Waals surface area contributed by atoms with Crippen LogP contribution in [0, 0.1) is 0 Å². The van der Waals surface area contributed by atoms with Gasteiger partial charge in [-0.25, -0.2) is 4.98 Å². The number of aliphatic hydroxyl groups is 1. The maximum Gasteiger partial charge on any atom is 0.0953 e. The third kappa shape index (κ3) is 2.15. The summed E-state index contributed by atoms with van der Waals surface area (Å²) >= 11 is 0. The van der Waals surface area contributed by atoms with Gasteiger partial charge in [-0.15, -0.1) is 0 Å². The molecule has 0 bridgehead atoms. The van der Waals surface area contributed by atoms with Crippen molar-refractivity contribution in [3.63, 3.8) is 0 Å². The summed E-state index contributed by atoms with van der Waals surface area (Å²) in [5.74, 6) is 0. The second kappa shape index (κ2) is 4.60. The summed E-state index contributed by atoms with van der Waals surface area (Å²) in [7, 11) is 0. The number of rotatable bonds is 2. The Kier molecular flexibility index (Phi) is 3.19. The molecule has 1 fully saturated rings. The summed E-state index contributed by atoms with van der Waals surface area (Å²) in [4.78, 5) is 4.15. The molecule has 0 unspecified atom stereocenters. The first-order chi connectivity index (χ1) is 6.90. The van der Waals surface area contributed by atoms with Crippen molar-refractivity contribution in [2.45, 2.75) is 51.2 Å². The molecule has 3 heteroatoms. The van der Waals surface area contributed by atoms with Crippen LogP contribution >= 0.6 is 0 Å². The molecule has 14 heavy (non-hydrogen) atoms. The van der Waals surface area contributed by atoms with Crippen LogP contribution < -0.4 is 0 Å². The maximum absolute atomic E-state index is 8.93. The zero-order valence-electron chi connectivity index (χ0n) is 8.52. The van der Waals surface area contributed by atoms with E-state index in [-0.39, 0.29) is 6.61 Å². The highest BCUT2D eigenvalue weighted by atomic mass is 16.3. The lowest BCUT2D eigenvalue weighted by Gasteiger charge is -2.14. The molecule has 1 aliphatic rings. The zero-order chi connectivity index (χ0) is 9.80. The Hall–Kier alpha value is -0.830. The first-order valence-electron chi connectivity index (χ1n) is 5.53. The highest BCUT2D eigenvalue weighted by Gasteiger charge is 2.13. The van der Waals surface area contributed by atoms with Gasteiger partial charge < -0.3 is 9.67 Å². The molecule has 1 aliphatic carbocycles. The molecule has 1 aromatic heterocycles. The lowest BCUT2D eigenvalue weighted by molar-refractivity contribution is 0.277. The molecule has 0 atom stereocenters. The normalized spacial score (nSPS) is 19.5. The van der Waals surface area contributed by atoms with E-state index in [9.17, 15) is 0 Å². The number of nitrogens with zero attached hydrogens (tertiary/aromatic N) is 2. The average molecular weight is 194 g/mol. The van der Waals surface area contributed by atoms with Crippen molar-refractivity contribution in [3.05, 3.63) is 18.2 Å². The van der Waals surface area contributed by atoms with Crippen molar-refractivity contribution in [2.24, 2.45) is 0 Å². The Labute approximate surface area is 84.8 Å². The topological polar surface area (TPSA) is 38.0 Å². The third-order valence-corrected chi connectivity index (χ3v) is 3.06. The molecule has 78 valence electrons. The predicted molar refractivity (Wildman–Crippen MR) is 54.9 cm³/mol. The molecular weight excluding hydrogens is 176 g/mol. The van der Waals surface area contributed by atoms with Gasteiger partial charge in [0.25, 0.3) is 0 Å². The molecule has 2 rings (SSSR count). The summed E-state index contributed by atoms with van der Waals surface area (Å²) in [5, 5.41) is 8.93. The van der Waals surface area contributed by atoms with Gasteiger partial charge in [-0.3, -0.25) is 0 Å². The number of hydrogen-bond donors (Lipinski definition) is 1. The van der Waals surface area contributed by atoms with E-state index < -0.39 is 0 Å². The van der Waals surface area contributed by atoms with Gasteiger partial charge in [0.1, 0.15) is 0 Å².